The minimum atomic E-state index is -0.279. The zero-order chi connectivity index (χ0) is 11.4. The first-order valence-electron chi connectivity index (χ1n) is 5.87. The Morgan fingerprint density at radius 1 is 1.12 bits per heavy atom. The molecule has 0 amide bonds. The first-order chi connectivity index (χ1) is 7.75. The van der Waals surface area contributed by atoms with Gasteiger partial charge in [-0.2, -0.15) is 0 Å². The van der Waals surface area contributed by atoms with E-state index in [-0.39, 0.29) is 11.9 Å². The van der Waals surface area contributed by atoms with Crippen molar-refractivity contribution in [3.8, 4) is 5.75 Å². The molecule has 0 spiro atoms. The van der Waals surface area contributed by atoms with Crippen molar-refractivity contribution < 1.29 is 9.13 Å². The molecular formula is C13H16BrFO. The van der Waals surface area contributed by atoms with Crippen LogP contribution >= 0.6 is 15.9 Å². The Labute approximate surface area is 104 Å². The van der Waals surface area contributed by atoms with E-state index in [0.29, 0.717) is 5.75 Å². The third kappa shape index (κ3) is 3.21. The first-order valence-corrected chi connectivity index (χ1v) is 6.67. The lowest BCUT2D eigenvalue weighted by Gasteiger charge is -2.17. The maximum absolute atomic E-state index is 13.6. The Balaban J connectivity index is 2.01. The molecule has 0 unspecified atom stereocenters. The van der Waals surface area contributed by atoms with Gasteiger partial charge in [0.1, 0.15) is 0 Å². The van der Waals surface area contributed by atoms with Crippen LogP contribution < -0.4 is 4.74 Å². The lowest BCUT2D eigenvalue weighted by Crippen LogP contribution is -2.15. The highest BCUT2D eigenvalue weighted by molar-refractivity contribution is 9.10. The van der Waals surface area contributed by atoms with Crippen molar-refractivity contribution in [2.75, 3.05) is 0 Å². The van der Waals surface area contributed by atoms with Crippen LogP contribution in [0.2, 0.25) is 0 Å². The van der Waals surface area contributed by atoms with Crippen LogP contribution in [0.4, 0.5) is 4.39 Å². The lowest BCUT2D eigenvalue weighted by atomic mass is 10.1. The standard InChI is InChI=1S/C13H16BrFO/c14-10-7-8-13(12(15)9-10)16-11-5-3-1-2-4-6-11/h7-9,11H,1-6H2. The second-order valence-electron chi connectivity index (χ2n) is 4.31. The summed E-state index contributed by atoms with van der Waals surface area (Å²) in [5.41, 5.74) is 0. The summed E-state index contributed by atoms with van der Waals surface area (Å²) < 4.78 is 20.0. The van der Waals surface area contributed by atoms with E-state index in [1.807, 2.05) is 6.07 Å². The molecule has 0 saturated heterocycles. The average Bonchev–Trinajstić information content (AvgIpc) is 2.51. The van der Waals surface area contributed by atoms with E-state index in [1.165, 1.54) is 31.7 Å². The maximum Gasteiger partial charge on any atom is 0.166 e. The third-order valence-electron chi connectivity index (χ3n) is 2.99. The highest BCUT2D eigenvalue weighted by Crippen LogP contribution is 2.26. The van der Waals surface area contributed by atoms with Crippen LogP contribution in [0.25, 0.3) is 0 Å². The summed E-state index contributed by atoms with van der Waals surface area (Å²) in [6, 6.07) is 4.96. The Kier molecular flexibility index (Phi) is 4.22. The molecular weight excluding hydrogens is 271 g/mol. The van der Waals surface area contributed by atoms with Crippen molar-refractivity contribution in [2.45, 2.75) is 44.6 Å². The molecule has 88 valence electrons. The van der Waals surface area contributed by atoms with Crippen LogP contribution in [0.3, 0.4) is 0 Å². The van der Waals surface area contributed by atoms with Gasteiger partial charge in [0.05, 0.1) is 6.10 Å². The third-order valence-corrected chi connectivity index (χ3v) is 3.48. The number of hydrogen-bond donors (Lipinski definition) is 0. The van der Waals surface area contributed by atoms with E-state index in [4.69, 9.17) is 4.74 Å². The summed E-state index contributed by atoms with van der Waals surface area (Å²) in [6.45, 7) is 0. The van der Waals surface area contributed by atoms with E-state index < -0.39 is 0 Å². The van der Waals surface area contributed by atoms with Gasteiger partial charge in [-0.3, -0.25) is 0 Å². The molecule has 0 bridgehead atoms. The van der Waals surface area contributed by atoms with Gasteiger partial charge in [0.2, 0.25) is 0 Å². The number of benzene rings is 1. The van der Waals surface area contributed by atoms with Crippen molar-refractivity contribution in [3.63, 3.8) is 0 Å². The van der Waals surface area contributed by atoms with Crippen LogP contribution in [0.15, 0.2) is 22.7 Å². The normalized spacial score (nSPS) is 18.1. The summed E-state index contributed by atoms with van der Waals surface area (Å²) in [5, 5.41) is 0. The van der Waals surface area contributed by atoms with Crippen molar-refractivity contribution in [1.29, 1.82) is 0 Å². The molecule has 1 aliphatic carbocycles. The smallest absolute Gasteiger partial charge is 0.166 e. The minimum Gasteiger partial charge on any atom is -0.487 e. The van der Waals surface area contributed by atoms with Crippen molar-refractivity contribution in [2.24, 2.45) is 0 Å². The zero-order valence-electron chi connectivity index (χ0n) is 9.22. The molecule has 0 atom stereocenters. The molecule has 1 aromatic carbocycles. The summed E-state index contributed by atoms with van der Waals surface area (Å²) >= 11 is 3.24. The Morgan fingerprint density at radius 3 is 2.44 bits per heavy atom. The van der Waals surface area contributed by atoms with Gasteiger partial charge < -0.3 is 4.74 Å². The fourth-order valence-corrected chi connectivity index (χ4v) is 2.44. The second kappa shape index (κ2) is 5.67. The molecule has 16 heavy (non-hydrogen) atoms. The molecule has 1 fully saturated rings. The molecule has 2 rings (SSSR count). The fraction of sp³-hybridized carbons (Fsp3) is 0.538. The molecule has 0 radical (unpaired) electrons. The molecule has 0 N–H and O–H groups in total. The molecule has 0 aliphatic heterocycles. The van der Waals surface area contributed by atoms with Gasteiger partial charge in [-0.15, -0.1) is 0 Å². The van der Waals surface area contributed by atoms with Crippen molar-refractivity contribution in [3.05, 3.63) is 28.5 Å². The molecule has 0 aromatic heterocycles. The Hall–Kier alpha value is -0.570. The number of hydrogen-bond acceptors (Lipinski definition) is 1. The van der Waals surface area contributed by atoms with E-state index in [0.717, 1.165) is 17.3 Å². The van der Waals surface area contributed by atoms with E-state index in [1.54, 1.807) is 6.07 Å². The molecule has 1 nitrogen and oxygen atoms in total. The number of rotatable bonds is 2. The zero-order valence-corrected chi connectivity index (χ0v) is 10.8. The van der Waals surface area contributed by atoms with Gasteiger partial charge in [0.15, 0.2) is 11.6 Å². The highest BCUT2D eigenvalue weighted by Gasteiger charge is 2.15. The van der Waals surface area contributed by atoms with Gasteiger partial charge >= 0.3 is 0 Å². The topological polar surface area (TPSA) is 9.23 Å². The van der Waals surface area contributed by atoms with Gasteiger partial charge in [-0.25, -0.2) is 4.39 Å². The lowest BCUT2D eigenvalue weighted by molar-refractivity contribution is 0.176. The van der Waals surface area contributed by atoms with Crippen LogP contribution in [-0.2, 0) is 0 Å². The van der Waals surface area contributed by atoms with E-state index >= 15 is 0 Å². The fourth-order valence-electron chi connectivity index (χ4n) is 2.11. The van der Waals surface area contributed by atoms with Crippen LogP contribution in [-0.4, -0.2) is 6.10 Å². The van der Waals surface area contributed by atoms with Crippen LogP contribution in [0.5, 0.6) is 5.75 Å². The SMILES string of the molecule is Fc1cc(Br)ccc1OC1CCCCCC1. The monoisotopic (exact) mass is 286 g/mol. The first kappa shape index (κ1) is 11.9. The van der Waals surface area contributed by atoms with Crippen LogP contribution in [0.1, 0.15) is 38.5 Å². The Bertz CT molecular complexity index is 346. The number of ether oxygens (including phenoxy) is 1. The quantitative estimate of drug-likeness (QED) is 0.717. The summed E-state index contributed by atoms with van der Waals surface area (Å²) in [6.07, 6.45) is 7.25. The summed E-state index contributed by atoms with van der Waals surface area (Å²) in [4.78, 5) is 0. The van der Waals surface area contributed by atoms with Crippen LogP contribution in [0, 0.1) is 5.82 Å². The van der Waals surface area contributed by atoms with Gasteiger partial charge in [0, 0.05) is 4.47 Å². The molecule has 1 saturated carbocycles. The largest absolute Gasteiger partial charge is 0.487 e. The average molecular weight is 287 g/mol. The molecule has 1 aliphatic rings. The van der Waals surface area contributed by atoms with E-state index in [9.17, 15) is 4.39 Å². The molecule has 0 heterocycles. The molecule has 3 heteroatoms. The van der Waals surface area contributed by atoms with Crippen molar-refractivity contribution >= 4 is 15.9 Å². The Morgan fingerprint density at radius 2 is 1.81 bits per heavy atom. The van der Waals surface area contributed by atoms with Gasteiger partial charge in [-0.1, -0.05) is 28.8 Å². The predicted octanol–water partition coefficient (Wildman–Crippen LogP) is 4.69. The van der Waals surface area contributed by atoms with Gasteiger partial charge in [-0.05, 0) is 43.9 Å². The second-order valence-corrected chi connectivity index (χ2v) is 5.22. The minimum absolute atomic E-state index is 0.193. The highest BCUT2D eigenvalue weighted by atomic mass is 79.9. The predicted molar refractivity (Wildman–Crippen MR) is 66.2 cm³/mol. The summed E-state index contributed by atoms with van der Waals surface area (Å²) in [5.74, 6) is 0.105. The van der Waals surface area contributed by atoms with Gasteiger partial charge in [0.25, 0.3) is 0 Å². The van der Waals surface area contributed by atoms with Crippen molar-refractivity contribution in [1.82, 2.24) is 0 Å². The number of halogens is 2. The molecule has 1 aromatic rings. The maximum atomic E-state index is 13.6. The van der Waals surface area contributed by atoms with E-state index in [2.05, 4.69) is 15.9 Å². The summed E-state index contributed by atoms with van der Waals surface area (Å²) in [7, 11) is 0.